The summed E-state index contributed by atoms with van der Waals surface area (Å²) in [6.07, 6.45) is 1.54. The highest BCUT2D eigenvalue weighted by Gasteiger charge is 2.19. The average molecular weight is 397 g/mol. The van der Waals surface area contributed by atoms with Crippen LogP contribution in [0.3, 0.4) is 0 Å². The molecule has 4 N–H and O–H groups in total. The highest BCUT2D eigenvalue weighted by Crippen LogP contribution is 2.34. The summed E-state index contributed by atoms with van der Waals surface area (Å²) in [6.45, 7) is 1.92. The van der Waals surface area contributed by atoms with Gasteiger partial charge in [-0.2, -0.15) is 5.10 Å². The van der Waals surface area contributed by atoms with Gasteiger partial charge in [0.15, 0.2) is 10.8 Å². The highest BCUT2D eigenvalue weighted by atomic mass is 35.5. The predicted molar refractivity (Wildman–Crippen MR) is 102 cm³/mol. The minimum atomic E-state index is -0.649. The van der Waals surface area contributed by atoms with Crippen LogP contribution in [0.4, 0.5) is 5.69 Å². The number of aryl methyl sites for hydroxylation is 1. The van der Waals surface area contributed by atoms with Gasteiger partial charge >= 0.3 is 0 Å². The minimum Gasteiger partial charge on any atom is -0.396 e. The molecule has 0 fully saturated rings. The van der Waals surface area contributed by atoms with E-state index in [0.29, 0.717) is 0 Å². The Morgan fingerprint density at radius 3 is 2.76 bits per heavy atom. The van der Waals surface area contributed by atoms with Crippen molar-refractivity contribution in [2.24, 2.45) is 5.10 Å². The molecular weight excluding hydrogens is 385 g/mol. The lowest BCUT2D eigenvalue weighted by atomic mass is 10.1. The van der Waals surface area contributed by atoms with E-state index in [-0.39, 0.29) is 26.6 Å². The Kier molecular flexibility index (Phi) is 4.85. The summed E-state index contributed by atoms with van der Waals surface area (Å²) in [5.74, 6) is -0.649. The van der Waals surface area contributed by atoms with Crippen LogP contribution >= 0.6 is 34.8 Å². The number of carbonyl (C=O) groups excluding carboxylic acids is 1. The number of hydrogen-bond donors (Lipinski definition) is 3. The number of hydrogen-bond acceptors (Lipinski definition) is 4. The van der Waals surface area contributed by atoms with Crippen LogP contribution in [0.15, 0.2) is 29.4 Å². The molecule has 2 heterocycles. The maximum absolute atomic E-state index is 12.2. The molecule has 0 radical (unpaired) electrons. The standard InChI is InChI=1S/C16H12Cl3N5O/c1-7-9(8-4-2-3-5-10(8)22-7)6-21-24-16(25)14-11(17)13(20)12(18)15(19)23-14/h2-6,22H,1H3,(H2,20,23)(H,24,25). The molecule has 0 bridgehead atoms. The van der Waals surface area contributed by atoms with Crippen LogP contribution in [0.2, 0.25) is 15.2 Å². The van der Waals surface area contributed by atoms with E-state index in [1.165, 1.54) is 0 Å². The molecule has 0 unspecified atom stereocenters. The Balaban J connectivity index is 1.85. The van der Waals surface area contributed by atoms with E-state index in [1.807, 2.05) is 31.2 Å². The number of pyridine rings is 1. The number of benzene rings is 1. The SMILES string of the molecule is Cc1[nH]c2ccccc2c1C=NNC(=O)c1nc(Cl)c(Cl)c(N)c1Cl. The molecule has 0 saturated heterocycles. The monoisotopic (exact) mass is 395 g/mol. The van der Waals surface area contributed by atoms with Crippen LogP contribution in [-0.4, -0.2) is 22.1 Å². The number of fused-ring (bicyclic) bond motifs is 1. The molecular formula is C16H12Cl3N5O. The second-order valence-electron chi connectivity index (χ2n) is 5.20. The van der Waals surface area contributed by atoms with Crippen molar-refractivity contribution in [1.82, 2.24) is 15.4 Å². The average Bonchev–Trinajstić information content (AvgIpc) is 2.91. The van der Waals surface area contributed by atoms with E-state index in [0.717, 1.165) is 22.2 Å². The van der Waals surface area contributed by atoms with Crippen LogP contribution in [0.1, 0.15) is 21.7 Å². The van der Waals surface area contributed by atoms with Crippen molar-refractivity contribution in [3.63, 3.8) is 0 Å². The van der Waals surface area contributed by atoms with E-state index >= 15 is 0 Å². The molecule has 2 aromatic heterocycles. The molecule has 0 spiro atoms. The number of nitrogen functional groups attached to an aromatic ring is 1. The smallest absolute Gasteiger partial charge is 0.291 e. The van der Waals surface area contributed by atoms with Gasteiger partial charge in [0, 0.05) is 22.2 Å². The van der Waals surface area contributed by atoms with Crippen LogP contribution in [0, 0.1) is 6.92 Å². The number of para-hydroxylation sites is 1. The first-order valence-corrected chi connectivity index (χ1v) is 8.24. The largest absolute Gasteiger partial charge is 0.396 e. The number of carbonyl (C=O) groups is 1. The molecule has 0 saturated carbocycles. The Hall–Kier alpha value is -2.28. The third kappa shape index (κ3) is 3.28. The number of halogens is 3. The number of aromatic amines is 1. The molecule has 1 amide bonds. The molecule has 0 atom stereocenters. The lowest BCUT2D eigenvalue weighted by molar-refractivity contribution is 0.0950. The second kappa shape index (κ2) is 6.92. The van der Waals surface area contributed by atoms with Crippen molar-refractivity contribution >= 4 is 63.5 Å². The van der Waals surface area contributed by atoms with E-state index < -0.39 is 5.91 Å². The van der Waals surface area contributed by atoms with Crippen LogP contribution < -0.4 is 11.2 Å². The fraction of sp³-hybridized carbons (Fsp3) is 0.0625. The summed E-state index contributed by atoms with van der Waals surface area (Å²) in [7, 11) is 0. The number of aromatic nitrogens is 2. The zero-order chi connectivity index (χ0) is 18.1. The first kappa shape index (κ1) is 17.5. The van der Waals surface area contributed by atoms with Crippen molar-refractivity contribution in [1.29, 1.82) is 0 Å². The summed E-state index contributed by atoms with van der Waals surface area (Å²) < 4.78 is 0. The molecule has 0 aliphatic carbocycles. The number of rotatable bonds is 3. The van der Waals surface area contributed by atoms with Crippen molar-refractivity contribution in [3.8, 4) is 0 Å². The Bertz CT molecular complexity index is 1010. The molecule has 9 heteroatoms. The van der Waals surface area contributed by atoms with E-state index in [1.54, 1.807) is 6.21 Å². The van der Waals surface area contributed by atoms with Gasteiger partial charge < -0.3 is 10.7 Å². The zero-order valence-electron chi connectivity index (χ0n) is 12.9. The van der Waals surface area contributed by atoms with Crippen molar-refractivity contribution < 1.29 is 4.79 Å². The number of H-pyrrole nitrogens is 1. The van der Waals surface area contributed by atoms with E-state index in [9.17, 15) is 4.79 Å². The van der Waals surface area contributed by atoms with Crippen molar-refractivity contribution in [2.75, 3.05) is 5.73 Å². The molecule has 0 aliphatic heterocycles. The van der Waals surface area contributed by atoms with Gasteiger partial charge in [-0.05, 0) is 13.0 Å². The molecule has 128 valence electrons. The zero-order valence-corrected chi connectivity index (χ0v) is 15.2. The number of hydrazone groups is 1. The lowest BCUT2D eigenvalue weighted by Crippen LogP contribution is -2.20. The van der Waals surface area contributed by atoms with Gasteiger partial charge in [-0.25, -0.2) is 10.4 Å². The van der Waals surface area contributed by atoms with Gasteiger partial charge in [0.1, 0.15) is 5.02 Å². The first-order chi connectivity index (χ1) is 11.9. The summed E-state index contributed by atoms with van der Waals surface area (Å²) in [5.41, 5.74) is 10.7. The maximum atomic E-state index is 12.2. The maximum Gasteiger partial charge on any atom is 0.291 e. The van der Waals surface area contributed by atoms with Gasteiger partial charge in [0.25, 0.3) is 5.91 Å². The molecule has 0 aliphatic rings. The van der Waals surface area contributed by atoms with Gasteiger partial charge in [-0.3, -0.25) is 4.79 Å². The minimum absolute atomic E-state index is 0.00105. The third-order valence-corrected chi connectivity index (χ3v) is 4.73. The van der Waals surface area contributed by atoms with E-state index in [2.05, 4.69) is 20.5 Å². The Morgan fingerprint density at radius 2 is 2.00 bits per heavy atom. The number of nitrogens with zero attached hydrogens (tertiary/aromatic N) is 2. The van der Waals surface area contributed by atoms with Gasteiger partial charge in [0.2, 0.25) is 0 Å². The van der Waals surface area contributed by atoms with Crippen LogP contribution in [0.5, 0.6) is 0 Å². The fourth-order valence-electron chi connectivity index (χ4n) is 2.35. The third-order valence-electron chi connectivity index (χ3n) is 3.59. The van der Waals surface area contributed by atoms with Crippen LogP contribution in [0.25, 0.3) is 10.9 Å². The number of nitrogens with one attached hydrogen (secondary N) is 2. The van der Waals surface area contributed by atoms with Gasteiger partial charge in [-0.15, -0.1) is 0 Å². The summed E-state index contributed by atoms with van der Waals surface area (Å²) >= 11 is 17.7. The molecule has 3 rings (SSSR count). The van der Waals surface area contributed by atoms with Crippen LogP contribution in [-0.2, 0) is 0 Å². The van der Waals surface area contributed by atoms with Crippen molar-refractivity contribution in [2.45, 2.75) is 6.92 Å². The Morgan fingerprint density at radius 1 is 1.28 bits per heavy atom. The van der Waals surface area contributed by atoms with Gasteiger partial charge in [0.05, 0.1) is 16.9 Å². The Labute approximate surface area is 158 Å². The van der Waals surface area contributed by atoms with Crippen molar-refractivity contribution in [3.05, 3.63) is 56.4 Å². The fourth-order valence-corrected chi connectivity index (χ4v) is 2.95. The van der Waals surface area contributed by atoms with E-state index in [4.69, 9.17) is 40.5 Å². The first-order valence-electron chi connectivity index (χ1n) is 7.10. The number of amides is 1. The molecule has 1 aromatic carbocycles. The molecule has 25 heavy (non-hydrogen) atoms. The summed E-state index contributed by atoms with van der Waals surface area (Å²) in [6, 6.07) is 7.78. The summed E-state index contributed by atoms with van der Waals surface area (Å²) in [5, 5.41) is 4.77. The number of nitrogens with two attached hydrogens (primary N) is 1. The van der Waals surface area contributed by atoms with Gasteiger partial charge in [-0.1, -0.05) is 53.0 Å². The molecule has 6 nitrogen and oxygen atoms in total. The highest BCUT2D eigenvalue weighted by molar-refractivity contribution is 6.46. The quantitative estimate of drug-likeness (QED) is 0.352. The molecule has 3 aromatic rings. The summed E-state index contributed by atoms with van der Waals surface area (Å²) in [4.78, 5) is 19.3. The normalized spacial score (nSPS) is 11.4. The number of anilines is 1. The lowest BCUT2D eigenvalue weighted by Gasteiger charge is -2.07. The second-order valence-corrected chi connectivity index (χ2v) is 6.32. The predicted octanol–water partition coefficient (Wildman–Crippen LogP) is 4.18. The topological polar surface area (TPSA) is 96.2 Å².